The van der Waals surface area contributed by atoms with Crippen LogP contribution in [0.25, 0.3) is 0 Å². The van der Waals surface area contributed by atoms with Crippen molar-refractivity contribution in [1.29, 1.82) is 0 Å². The van der Waals surface area contributed by atoms with Gasteiger partial charge in [-0.1, -0.05) is 25.5 Å². The summed E-state index contributed by atoms with van der Waals surface area (Å²) in [5.74, 6) is 0. The molecule has 2 aliphatic carbocycles. The molecule has 2 aliphatic heterocycles. The first-order chi connectivity index (χ1) is 13.2. The topological polar surface area (TPSA) is 109 Å². The van der Waals surface area contributed by atoms with Gasteiger partial charge >= 0.3 is 0 Å². The van der Waals surface area contributed by atoms with E-state index in [0.29, 0.717) is 0 Å². The molecule has 0 bridgehead atoms. The summed E-state index contributed by atoms with van der Waals surface area (Å²) in [6, 6.07) is 0. The predicted octanol–water partition coefficient (Wildman–Crippen LogP) is 0.877. The van der Waals surface area contributed by atoms with Crippen LogP contribution >= 0.6 is 0 Å². The van der Waals surface area contributed by atoms with Crippen molar-refractivity contribution >= 4 is 0 Å². The smallest absolute Gasteiger partial charge is 0.186 e. The van der Waals surface area contributed by atoms with Gasteiger partial charge in [-0.3, -0.25) is 0 Å². The van der Waals surface area contributed by atoms with Crippen LogP contribution in [-0.4, -0.2) is 76.1 Å². The SMILES string of the molecule is CC1=C[C@@H]2O[C@]3(CO[C@@H]4O[C@H](CO)[C@@H](O)[C@H](O)[C@@H]4O)CCC[C@]3(C)[C@@]2(C)CC1. The fraction of sp³-hybridized carbons (Fsp3) is 0.905. The van der Waals surface area contributed by atoms with E-state index in [1.165, 1.54) is 5.57 Å². The van der Waals surface area contributed by atoms with E-state index in [4.69, 9.17) is 14.2 Å². The standard InChI is InChI=1S/C21H34O7/c1-12-5-8-19(2)14(9-12)28-21(7-4-6-20(19,21)3)11-26-18-17(25)16(24)15(23)13(10-22)27-18/h9,13-18,22-25H,4-8,10-11H2,1-3H3/t13-,14+,15-,16+,17+,18-,19+,20-,21+/m1/s1. The third kappa shape index (κ3) is 2.75. The van der Waals surface area contributed by atoms with Crippen LogP contribution in [0.15, 0.2) is 11.6 Å². The van der Waals surface area contributed by atoms with Crippen molar-refractivity contribution in [2.75, 3.05) is 13.2 Å². The van der Waals surface area contributed by atoms with Gasteiger partial charge in [-0.2, -0.15) is 0 Å². The van der Waals surface area contributed by atoms with Crippen LogP contribution in [0.1, 0.15) is 52.9 Å². The minimum Gasteiger partial charge on any atom is -0.394 e. The van der Waals surface area contributed by atoms with Gasteiger partial charge in [0, 0.05) is 10.8 Å². The molecule has 7 nitrogen and oxygen atoms in total. The average Bonchev–Trinajstić information content (AvgIpc) is 3.08. The zero-order valence-electron chi connectivity index (χ0n) is 17.0. The Morgan fingerprint density at radius 2 is 1.86 bits per heavy atom. The summed E-state index contributed by atoms with van der Waals surface area (Å²) in [5.41, 5.74) is 0.848. The van der Waals surface area contributed by atoms with Gasteiger partial charge in [0.25, 0.3) is 0 Å². The average molecular weight is 398 g/mol. The number of ether oxygens (including phenoxy) is 3. The summed E-state index contributed by atoms with van der Waals surface area (Å²) in [7, 11) is 0. The molecular formula is C21H34O7. The van der Waals surface area contributed by atoms with E-state index in [1.54, 1.807) is 0 Å². The van der Waals surface area contributed by atoms with Crippen molar-refractivity contribution in [3.05, 3.63) is 11.6 Å². The molecule has 1 saturated carbocycles. The quantitative estimate of drug-likeness (QED) is 0.521. The van der Waals surface area contributed by atoms with Crippen molar-refractivity contribution < 1.29 is 34.6 Å². The van der Waals surface area contributed by atoms with E-state index in [0.717, 1.165) is 32.1 Å². The Kier molecular flexibility index (Phi) is 5.19. The summed E-state index contributed by atoms with van der Waals surface area (Å²) < 4.78 is 18.2. The van der Waals surface area contributed by atoms with Crippen molar-refractivity contribution in [3.63, 3.8) is 0 Å². The van der Waals surface area contributed by atoms with Crippen LogP contribution in [0, 0.1) is 10.8 Å². The predicted molar refractivity (Wildman–Crippen MR) is 100 cm³/mol. The van der Waals surface area contributed by atoms with E-state index in [1.807, 2.05) is 0 Å². The molecule has 4 N–H and O–H groups in total. The van der Waals surface area contributed by atoms with Gasteiger partial charge in [0.15, 0.2) is 6.29 Å². The Hall–Kier alpha value is -0.540. The Morgan fingerprint density at radius 3 is 2.57 bits per heavy atom. The maximum Gasteiger partial charge on any atom is 0.186 e. The zero-order valence-corrected chi connectivity index (χ0v) is 17.0. The third-order valence-corrected chi connectivity index (χ3v) is 8.31. The Morgan fingerprint density at radius 1 is 1.11 bits per heavy atom. The largest absolute Gasteiger partial charge is 0.394 e. The van der Waals surface area contributed by atoms with E-state index >= 15 is 0 Å². The molecule has 2 saturated heterocycles. The molecule has 0 aromatic heterocycles. The van der Waals surface area contributed by atoms with Crippen molar-refractivity contribution in [1.82, 2.24) is 0 Å². The fourth-order valence-corrected chi connectivity index (χ4v) is 6.04. The minimum atomic E-state index is -1.43. The molecule has 0 radical (unpaired) electrons. The van der Waals surface area contributed by atoms with Crippen molar-refractivity contribution in [2.24, 2.45) is 10.8 Å². The van der Waals surface area contributed by atoms with Crippen molar-refractivity contribution in [3.8, 4) is 0 Å². The maximum absolute atomic E-state index is 10.3. The molecule has 3 fully saturated rings. The fourth-order valence-electron chi connectivity index (χ4n) is 6.04. The molecule has 4 aliphatic rings. The Bertz CT molecular complexity index is 636. The molecule has 4 rings (SSSR count). The van der Waals surface area contributed by atoms with Gasteiger partial charge in [-0.25, -0.2) is 0 Å². The number of hydrogen-bond donors (Lipinski definition) is 4. The molecule has 9 atom stereocenters. The highest BCUT2D eigenvalue weighted by Crippen LogP contribution is 2.68. The first kappa shape index (κ1) is 20.7. The lowest BCUT2D eigenvalue weighted by atomic mass is 9.55. The van der Waals surface area contributed by atoms with Crippen LogP contribution in [0.5, 0.6) is 0 Å². The molecule has 0 unspecified atom stereocenters. The monoisotopic (exact) mass is 398 g/mol. The van der Waals surface area contributed by atoms with Crippen LogP contribution in [0.3, 0.4) is 0 Å². The van der Waals surface area contributed by atoms with E-state index < -0.39 is 42.9 Å². The molecular weight excluding hydrogens is 364 g/mol. The van der Waals surface area contributed by atoms with Crippen LogP contribution in [-0.2, 0) is 14.2 Å². The second-order valence-corrected chi connectivity index (χ2v) is 9.66. The number of hydrogen-bond acceptors (Lipinski definition) is 7. The Balaban J connectivity index is 1.54. The van der Waals surface area contributed by atoms with Crippen LogP contribution in [0.4, 0.5) is 0 Å². The van der Waals surface area contributed by atoms with Crippen LogP contribution in [0.2, 0.25) is 0 Å². The first-order valence-electron chi connectivity index (χ1n) is 10.4. The highest BCUT2D eigenvalue weighted by Gasteiger charge is 2.70. The lowest BCUT2D eigenvalue weighted by Crippen LogP contribution is -2.60. The van der Waals surface area contributed by atoms with Gasteiger partial charge in [-0.15, -0.1) is 0 Å². The second kappa shape index (κ2) is 7.01. The number of fused-ring (bicyclic) bond motifs is 3. The maximum atomic E-state index is 10.3. The molecule has 160 valence electrons. The lowest BCUT2D eigenvalue weighted by molar-refractivity contribution is -0.311. The van der Waals surface area contributed by atoms with Gasteiger partial charge in [0.05, 0.1) is 24.9 Å². The van der Waals surface area contributed by atoms with E-state index in [-0.39, 0.29) is 23.5 Å². The van der Waals surface area contributed by atoms with Gasteiger partial charge in [0.1, 0.15) is 24.4 Å². The first-order valence-corrected chi connectivity index (χ1v) is 10.4. The number of aliphatic hydroxyl groups excluding tert-OH is 4. The normalized spacial score (nSPS) is 53.6. The lowest BCUT2D eigenvalue weighted by Gasteiger charge is -2.47. The van der Waals surface area contributed by atoms with Gasteiger partial charge in [0.2, 0.25) is 0 Å². The highest BCUT2D eigenvalue weighted by atomic mass is 16.7. The summed E-state index contributed by atoms with van der Waals surface area (Å²) >= 11 is 0. The highest BCUT2D eigenvalue weighted by molar-refractivity contribution is 5.25. The molecule has 2 heterocycles. The second-order valence-electron chi connectivity index (χ2n) is 9.66. The van der Waals surface area contributed by atoms with E-state index in [2.05, 4.69) is 26.8 Å². The van der Waals surface area contributed by atoms with Crippen molar-refractivity contribution in [2.45, 2.75) is 95.3 Å². The van der Waals surface area contributed by atoms with E-state index in [9.17, 15) is 20.4 Å². The Labute approximate surface area is 166 Å². The molecule has 0 aromatic carbocycles. The molecule has 0 amide bonds. The zero-order chi connectivity index (χ0) is 20.3. The number of allylic oxidation sites excluding steroid dienone is 1. The molecule has 0 spiro atoms. The summed E-state index contributed by atoms with van der Waals surface area (Å²) in [6.07, 6.45) is 1.16. The van der Waals surface area contributed by atoms with Crippen LogP contribution < -0.4 is 0 Å². The molecule has 28 heavy (non-hydrogen) atoms. The number of aliphatic hydroxyl groups is 4. The molecule has 0 aromatic rings. The third-order valence-electron chi connectivity index (χ3n) is 8.31. The summed E-state index contributed by atoms with van der Waals surface area (Å²) in [4.78, 5) is 0. The summed E-state index contributed by atoms with van der Waals surface area (Å²) in [5, 5.41) is 39.7. The van der Waals surface area contributed by atoms with Gasteiger partial charge in [-0.05, 0) is 39.0 Å². The molecule has 7 heteroatoms. The van der Waals surface area contributed by atoms with Gasteiger partial charge < -0.3 is 34.6 Å². The summed E-state index contributed by atoms with van der Waals surface area (Å²) in [6.45, 7) is 6.54. The number of rotatable bonds is 4. The minimum absolute atomic E-state index is 0.0295.